The van der Waals surface area contributed by atoms with E-state index in [1.807, 2.05) is 0 Å². The Bertz CT molecular complexity index is 542. The van der Waals surface area contributed by atoms with Crippen LogP contribution in [0.3, 0.4) is 0 Å². The van der Waals surface area contributed by atoms with Gasteiger partial charge in [0.25, 0.3) is 0 Å². The highest BCUT2D eigenvalue weighted by Crippen LogP contribution is 2.41. The summed E-state index contributed by atoms with van der Waals surface area (Å²) in [6.45, 7) is 3.06. The number of ether oxygens (including phenoxy) is 1. The topological polar surface area (TPSA) is 46.5 Å². The zero-order valence-corrected chi connectivity index (χ0v) is 12.5. The summed E-state index contributed by atoms with van der Waals surface area (Å²) in [6.07, 6.45) is -6.21. The van der Waals surface area contributed by atoms with E-state index in [0.29, 0.717) is 5.56 Å². The van der Waals surface area contributed by atoms with Crippen molar-refractivity contribution in [3.05, 3.63) is 29.1 Å². The Labute approximate surface area is 125 Å². The van der Waals surface area contributed by atoms with E-state index in [2.05, 4.69) is 0 Å². The number of alkyl halides is 3. The zero-order chi connectivity index (χ0) is 17.1. The smallest absolute Gasteiger partial charge is 0.424 e. The van der Waals surface area contributed by atoms with Gasteiger partial charge in [-0.05, 0) is 37.3 Å². The third kappa shape index (κ3) is 3.40. The summed E-state index contributed by atoms with van der Waals surface area (Å²) in [5.74, 6) is -1.23. The van der Waals surface area contributed by atoms with Crippen molar-refractivity contribution in [2.45, 2.75) is 44.4 Å². The van der Waals surface area contributed by atoms with Crippen LogP contribution < -0.4 is 4.74 Å². The Morgan fingerprint density at radius 3 is 2.36 bits per heavy atom. The second-order valence-electron chi connectivity index (χ2n) is 5.14. The number of aliphatic hydroxyl groups is 1. The summed E-state index contributed by atoms with van der Waals surface area (Å²) in [7, 11) is 1.29. The number of halogens is 4. The van der Waals surface area contributed by atoms with Crippen molar-refractivity contribution in [3.63, 3.8) is 0 Å². The summed E-state index contributed by atoms with van der Waals surface area (Å²) < 4.78 is 57.2. The third-order valence-corrected chi connectivity index (χ3v) is 3.75. The summed E-state index contributed by atoms with van der Waals surface area (Å²) in [6, 6.07) is 2.44. The van der Waals surface area contributed by atoms with Crippen LogP contribution >= 0.6 is 0 Å². The molecule has 0 aliphatic carbocycles. The van der Waals surface area contributed by atoms with Gasteiger partial charge in [-0.3, -0.25) is 4.79 Å². The number of benzene rings is 1. The highest BCUT2D eigenvalue weighted by atomic mass is 19.4. The molecular weight excluding hydrogens is 304 g/mol. The molecule has 0 bridgehead atoms. The quantitative estimate of drug-likeness (QED) is 0.644. The van der Waals surface area contributed by atoms with E-state index in [-0.39, 0.29) is 17.7 Å². The van der Waals surface area contributed by atoms with Crippen LogP contribution in [0.2, 0.25) is 0 Å². The largest absolute Gasteiger partial charge is 0.496 e. The van der Waals surface area contributed by atoms with E-state index in [9.17, 15) is 27.5 Å². The summed E-state index contributed by atoms with van der Waals surface area (Å²) in [5, 5.41) is 9.60. The van der Waals surface area contributed by atoms with Crippen molar-refractivity contribution in [2.24, 2.45) is 0 Å². The molecule has 1 N–H and O–H groups in total. The van der Waals surface area contributed by atoms with Crippen LogP contribution in [0, 0.1) is 12.7 Å². The van der Waals surface area contributed by atoms with Crippen LogP contribution in [-0.4, -0.2) is 30.3 Å². The molecule has 1 rings (SSSR count). The average Bonchev–Trinajstić information content (AvgIpc) is 2.46. The van der Waals surface area contributed by atoms with Gasteiger partial charge in [-0.25, -0.2) is 4.39 Å². The Morgan fingerprint density at radius 1 is 1.36 bits per heavy atom. The van der Waals surface area contributed by atoms with E-state index in [0.717, 1.165) is 6.07 Å². The second-order valence-corrected chi connectivity index (χ2v) is 5.14. The van der Waals surface area contributed by atoms with Gasteiger partial charge in [0, 0.05) is 5.56 Å². The van der Waals surface area contributed by atoms with Crippen molar-refractivity contribution >= 4 is 6.29 Å². The molecule has 1 aromatic carbocycles. The third-order valence-electron chi connectivity index (χ3n) is 3.75. The number of carbonyl (C=O) groups excluding carboxylic acids is 1. The fourth-order valence-electron chi connectivity index (χ4n) is 2.36. The monoisotopic (exact) mass is 322 g/mol. The second kappa shape index (κ2) is 6.64. The predicted molar refractivity (Wildman–Crippen MR) is 72.4 cm³/mol. The van der Waals surface area contributed by atoms with Crippen LogP contribution in [0.5, 0.6) is 5.75 Å². The Hall–Kier alpha value is -1.63. The minimum Gasteiger partial charge on any atom is -0.496 e. The number of hydrogen-bond acceptors (Lipinski definition) is 3. The molecule has 0 unspecified atom stereocenters. The van der Waals surface area contributed by atoms with Gasteiger partial charge in [-0.15, -0.1) is 0 Å². The summed E-state index contributed by atoms with van der Waals surface area (Å²) >= 11 is 0. The van der Waals surface area contributed by atoms with Gasteiger partial charge >= 0.3 is 6.18 Å². The summed E-state index contributed by atoms with van der Waals surface area (Å²) in [5.41, 5.74) is -2.95. The van der Waals surface area contributed by atoms with Gasteiger partial charge in [0.05, 0.1) is 7.11 Å². The molecule has 0 amide bonds. The fraction of sp³-hybridized carbons (Fsp3) is 0.533. The molecule has 3 nitrogen and oxygen atoms in total. The number of hydrogen-bond donors (Lipinski definition) is 1. The molecule has 22 heavy (non-hydrogen) atoms. The average molecular weight is 322 g/mol. The molecule has 0 aromatic heterocycles. The predicted octanol–water partition coefficient (Wildman–Crippen LogP) is 3.52. The SMILES string of the molecule is CC[C@@H](C[C@@](O)(C=O)C(F)(F)F)c1ccc(F)c(C)c1OC. The number of rotatable bonds is 6. The lowest BCUT2D eigenvalue weighted by molar-refractivity contribution is -0.247. The molecule has 0 fully saturated rings. The highest BCUT2D eigenvalue weighted by molar-refractivity contribution is 5.64. The van der Waals surface area contributed by atoms with Gasteiger partial charge in [0.2, 0.25) is 5.60 Å². The first-order chi connectivity index (χ1) is 10.1. The standard InChI is InChI=1S/C15H18F4O3/c1-4-10(7-14(21,8-20)15(17,18)19)11-5-6-12(16)9(2)13(11)22-3/h5-6,8,10,21H,4,7H2,1-3H3/t10-,14+/m0/s1. The summed E-state index contributed by atoms with van der Waals surface area (Å²) in [4.78, 5) is 10.8. The molecule has 0 heterocycles. The molecule has 0 aliphatic heterocycles. The molecule has 0 saturated carbocycles. The van der Waals surface area contributed by atoms with E-state index >= 15 is 0 Å². The first-order valence-electron chi connectivity index (χ1n) is 6.69. The molecule has 0 aliphatic rings. The molecule has 2 atom stereocenters. The van der Waals surface area contributed by atoms with Crippen LogP contribution in [0.4, 0.5) is 17.6 Å². The highest BCUT2D eigenvalue weighted by Gasteiger charge is 2.54. The maximum Gasteiger partial charge on any atom is 0.424 e. The van der Waals surface area contributed by atoms with Gasteiger partial charge < -0.3 is 9.84 Å². The minimum atomic E-state index is -5.08. The van der Waals surface area contributed by atoms with Gasteiger partial charge in [0.15, 0.2) is 6.29 Å². The van der Waals surface area contributed by atoms with E-state index in [4.69, 9.17) is 4.74 Å². The zero-order valence-electron chi connectivity index (χ0n) is 12.5. The molecule has 0 radical (unpaired) electrons. The van der Waals surface area contributed by atoms with E-state index in [1.165, 1.54) is 20.1 Å². The van der Waals surface area contributed by atoms with Gasteiger partial charge in [0.1, 0.15) is 11.6 Å². The van der Waals surface area contributed by atoms with Crippen LogP contribution in [0.25, 0.3) is 0 Å². The van der Waals surface area contributed by atoms with Crippen LogP contribution in [0.15, 0.2) is 12.1 Å². The molecular formula is C15H18F4O3. The number of carbonyl (C=O) groups is 1. The van der Waals surface area contributed by atoms with E-state index < -0.39 is 36.2 Å². The minimum absolute atomic E-state index is 0.127. The van der Waals surface area contributed by atoms with Crippen molar-refractivity contribution < 1.29 is 32.2 Å². The maximum absolute atomic E-state index is 13.5. The van der Waals surface area contributed by atoms with Gasteiger partial charge in [-0.2, -0.15) is 13.2 Å². The van der Waals surface area contributed by atoms with Crippen LogP contribution in [0.1, 0.15) is 36.8 Å². The number of methoxy groups -OCH3 is 1. The van der Waals surface area contributed by atoms with E-state index in [1.54, 1.807) is 6.92 Å². The maximum atomic E-state index is 13.5. The van der Waals surface area contributed by atoms with Gasteiger partial charge in [-0.1, -0.05) is 13.0 Å². The molecule has 0 saturated heterocycles. The normalized spacial score (nSPS) is 16.0. The Morgan fingerprint density at radius 2 is 1.95 bits per heavy atom. The molecule has 7 heteroatoms. The van der Waals surface area contributed by atoms with Crippen molar-refractivity contribution in [3.8, 4) is 5.75 Å². The van der Waals surface area contributed by atoms with Crippen LogP contribution in [-0.2, 0) is 4.79 Å². The fourth-order valence-corrected chi connectivity index (χ4v) is 2.36. The Kier molecular flexibility index (Phi) is 5.56. The first-order valence-corrected chi connectivity index (χ1v) is 6.69. The van der Waals surface area contributed by atoms with Crippen molar-refractivity contribution in [1.29, 1.82) is 0 Å². The lowest BCUT2D eigenvalue weighted by Crippen LogP contribution is -2.47. The number of aldehydes is 1. The molecule has 124 valence electrons. The Balaban J connectivity index is 3.29. The van der Waals surface area contributed by atoms with Crippen molar-refractivity contribution in [1.82, 2.24) is 0 Å². The lowest BCUT2D eigenvalue weighted by atomic mass is 9.83. The van der Waals surface area contributed by atoms with Crippen molar-refractivity contribution in [2.75, 3.05) is 7.11 Å². The first kappa shape index (κ1) is 18.4. The lowest BCUT2D eigenvalue weighted by Gasteiger charge is -2.29. The molecule has 1 aromatic rings. The molecule has 0 spiro atoms.